The van der Waals surface area contributed by atoms with E-state index in [4.69, 9.17) is 16.7 Å². The largest absolute Gasteiger partial charge is 0.610 e. The summed E-state index contributed by atoms with van der Waals surface area (Å²) in [7, 11) is 0. The molecule has 1 aromatic carbocycles. The van der Waals surface area contributed by atoms with E-state index in [1.807, 2.05) is 0 Å². The Kier molecular flexibility index (Phi) is 5.08. The fraction of sp³-hybridized carbons (Fsp3) is 0.300. The molecule has 0 saturated carbocycles. The van der Waals surface area contributed by atoms with Crippen LogP contribution in [0.3, 0.4) is 0 Å². The molecule has 1 aromatic rings. The molecule has 0 aliphatic carbocycles. The first-order valence-electron chi connectivity index (χ1n) is 4.52. The highest BCUT2D eigenvalue weighted by molar-refractivity contribution is 7.93. The zero-order valence-electron chi connectivity index (χ0n) is 8.25. The van der Waals surface area contributed by atoms with E-state index < -0.39 is 34.4 Å². The third-order valence-electron chi connectivity index (χ3n) is 1.87. The predicted molar refractivity (Wildman–Crippen MR) is 60.8 cm³/mol. The molecule has 16 heavy (non-hydrogen) atoms. The van der Waals surface area contributed by atoms with Crippen LogP contribution in [0.25, 0.3) is 0 Å². The van der Waals surface area contributed by atoms with Crippen molar-refractivity contribution in [3.8, 4) is 0 Å². The van der Waals surface area contributed by atoms with Crippen LogP contribution in [0.15, 0.2) is 35.2 Å². The second-order valence-corrected chi connectivity index (χ2v) is 5.43. The SMILES string of the molecule is O=C(O)CC(O)C(Cl)[S+]([O-])c1ccccc1. The van der Waals surface area contributed by atoms with Crippen LogP contribution in [0, 0.1) is 0 Å². The van der Waals surface area contributed by atoms with Gasteiger partial charge in [0.1, 0.15) is 6.10 Å². The van der Waals surface area contributed by atoms with Crippen molar-refractivity contribution in [2.45, 2.75) is 22.1 Å². The van der Waals surface area contributed by atoms with E-state index in [-0.39, 0.29) is 0 Å². The molecule has 0 fully saturated rings. The molecule has 6 heteroatoms. The lowest BCUT2D eigenvalue weighted by Gasteiger charge is -2.19. The molecule has 0 heterocycles. The standard InChI is InChI=1S/C10H11ClO4S/c11-10(8(12)6-9(13)14)16(15)7-4-2-1-3-5-7/h1-5,8,10,12H,6H2,(H,13,14). The van der Waals surface area contributed by atoms with Gasteiger partial charge in [-0.25, -0.2) is 0 Å². The van der Waals surface area contributed by atoms with E-state index in [0.717, 1.165) is 0 Å². The fourth-order valence-electron chi connectivity index (χ4n) is 1.10. The Labute approximate surface area is 101 Å². The highest BCUT2D eigenvalue weighted by Crippen LogP contribution is 2.22. The van der Waals surface area contributed by atoms with Gasteiger partial charge >= 0.3 is 5.97 Å². The minimum Gasteiger partial charge on any atom is -0.610 e. The summed E-state index contributed by atoms with van der Waals surface area (Å²) in [5, 5.41) is 17.9. The van der Waals surface area contributed by atoms with E-state index in [0.29, 0.717) is 4.90 Å². The molecule has 0 aliphatic rings. The number of aliphatic hydroxyl groups excluding tert-OH is 1. The Morgan fingerprint density at radius 2 is 2.00 bits per heavy atom. The van der Waals surface area contributed by atoms with Crippen molar-refractivity contribution in [2.24, 2.45) is 0 Å². The van der Waals surface area contributed by atoms with Crippen molar-refractivity contribution in [2.75, 3.05) is 0 Å². The van der Waals surface area contributed by atoms with Crippen molar-refractivity contribution in [3.63, 3.8) is 0 Å². The van der Waals surface area contributed by atoms with Gasteiger partial charge in [0, 0.05) is 11.2 Å². The van der Waals surface area contributed by atoms with Crippen LogP contribution < -0.4 is 0 Å². The molecular formula is C10H11ClO4S. The predicted octanol–water partition coefficient (Wildman–Crippen LogP) is 1.19. The molecule has 0 aliphatic heterocycles. The van der Waals surface area contributed by atoms with Crippen LogP contribution in [0.4, 0.5) is 0 Å². The second kappa shape index (κ2) is 6.10. The van der Waals surface area contributed by atoms with Crippen molar-refractivity contribution in [1.82, 2.24) is 0 Å². The zero-order valence-corrected chi connectivity index (χ0v) is 9.82. The van der Waals surface area contributed by atoms with E-state index in [9.17, 15) is 14.5 Å². The van der Waals surface area contributed by atoms with Crippen molar-refractivity contribution in [1.29, 1.82) is 0 Å². The van der Waals surface area contributed by atoms with Gasteiger partial charge in [-0.1, -0.05) is 29.8 Å². The number of aliphatic hydroxyl groups is 1. The molecule has 0 radical (unpaired) electrons. The first-order chi connectivity index (χ1) is 7.52. The van der Waals surface area contributed by atoms with Gasteiger partial charge in [-0.05, 0) is 12.1 Å². The Bertz CT molecular complexity index is 346. The minimum absolute atomic E-state index is 0.465. The topological polar surface area (TPSA) is 80.6 Å². The van der Waals surface area contributed by atoms with E-state index in [1.165, 1.54) is 0 Å². The summed E-state index contributed by atoms with van der Waals surface area (Å²) in [4.78, 5) is 10.8. The van der Waals surface area contributed by atoms with E-state index in [2.05, 4.69) is 0 Å². The second-order valence-electron chi connectivity index (χ2n) is 3.13. The highest BCUT2D eigenvalue weighted by Gasteiger charge is 2.31. The number of hydrogen-bond acceptors (Lipinski definition) is 3. The zero-order chi connectivity index (χ0) is 12.1. The molecule has 4 nitrogen and oxygen atoms in total. The summed E-state index contributed by atoms with van der Waals surface area (Å²) in [6, 6.07) is 8.37. The molecular weight excluding hydrogens is 252 g/mol. The number of aliphatic carboxylic acids is 1. The van der Waals surface area contributed by atoms with Crippen molar-refractivity contribution < 1.29 is 19.6 Å². The minimum atomic E-state index is -1.62. The molecule has 3 unspecified atom stereocenters. The van der Waals surface area contributed by atoms with E-state index >= 15 is 0 Å². The highest BCUT2D eigenvalue weighted by atomic mass is 35.5. The van der Waals surface area contributed by atoms with Crippen LogP contribution in [0.5, 0.6) is 0 Å². The van der Waals surface area contributed by atoms with Crippen LogP contribution >= 0.6 is 11.6 Å². The van der Waals surface area contributed by atoms with Crippen LogP contribution in [-0.4, -0.2) is 31.5 Å². The van der Waals surface area contributed by atoms with Crippen LogP contribution in [0.2, 0.25) is 0 Å². The summed E-state index contributed by atoms with van der Waals surface area (Å²) in [5.74, 6) is -1.18. The third kappa shape index (κ3) is 3.68. The number of carboxylic acid groups (broad SMARTS) is 1. The molecule has 0 aromatic heterocycles. The lowest BCUT2D eigenvalue weighted by molar-refractivity contribution is -0.138. The molecule has 88 valence electrons. The van der Waals surface area contributed by atoms with Gasteiger partial charge in [-0.15, -0.1) is 0 Å². The normalized spacial score (nSPS) is 16.4. The Hall–Kier alpha value is -0.750. The van der Waals surface area contributed by atoms with Gasteiger partial charge < -0.3 is 14.8 Å². The molecule has 1 rings (SSSR count). The number of carbonyl (C=O) groups is 1. The summed E-state index contributed by atoms with van der Waals surface area (Å²) in [6.07, 6.45) is -1.85. The average Bonchev–Trinajstić information content (AvgIpc) is 2.27. The Balaban J connectivity index is 2.67. The first kappa shape index (κ1) is 13.3. The van der Waals surface area contributed by atoms with Gasteiger partial charge in [-0.3, -0.25) is 4.79 Å². The Morgan fingerprint density at radius 1 is 1.44 bits per heavy atom. The van der Waals surface area contributed by atoms with Gasteiger partial charge in [0.05, 0.1) is 6.42 Å². The van der Waals surface area contributed by atoms with Crippen molar-refractivity contribution >= 4 is 28.7 Å². The lowest BCUT2D eigenvalue weighted by atomic mass is 10.3. The first-order valence-corrected chi connectivity index (χ1v) is 6.17. The van der Waals surface area contributed by atoms with Gasteiger partial charge in [0.25, 0.3) is 0 Å². The molecule has 0 saturated heterocycles. The maximum atomic E-state index is 11.8. The number of carboxylic acids is 1. The number of hydrogen-bond donors (Lipinski definition) is 2. The average molecular weight is 263 g/mol. The van der Waals surface area contributed by atoms with Gasteiger partial charge in [-0.2, -0.15) is 0 Å². The monoisotopic (exact) mass is 262 g/mol. The molecule has 0 spiro atoms. The quantitative estimate of drug-likeness (QED) is 0.617. The molecule has 2 N–H and O–H groups in total. The summed E-state index contributed by atoms with van der Waals surface area (Å²) in [6.45, 7) is 0. The lowest BCUT2D eigenvalue weighted by Crippen LogP contribution is -2.31. The van der Waals surface area contributed by atoms with Crippen molar-refractivity contribution in [3.05, 3.63) is 30.3 Å². The maximum Gasteiger partial charge on any atom is 0.306 e. The van der Waals surface area contributed by atoms with Crippen LogP contribution in [-0.2, 0) is 16.0 Å². The summed E-state index contributed by atoms with van der Waals surface area (Å²) in [5.41, 5.74) is 0. The molecule has 0 bridgehead atoms. The number of alkyl halides is 1. The fourth-order valence-corrected chi connectivity index (χ4v) is 2.56. The molecule has 3 atom stereocenters. The van der Waals surface area contributed by atoms with Crippen LogP contribution in [0.1, 0.15) is 6.42 Å². The third-order valence-corrected chi connectivity index (χ3v) is 4.10. The smallest absolute Gasteiger partial charge is 0.306 e. The Morgan fingerprint density at radius 3 is 2.50 bits per heavy atom. The number of halogens is 1. The summed E-state index contributed by atoms with van der Waals surface area (Å²) < 4.78 is 10.7. The maximum absolute atomic E-state index is 11.8. The van der Waals surface area contributed by atoms with Gasteiger partial charge in [0.2, 0.25) is 4.71 Å². The van der Waals surface area contributed by atoms with E-state index in [1.54, 1.807) is 30.3 Å². The summed E-state index contributed by atoms with van der Waals surface area (Å²) >= 11 is 4.12. The number of rotatable bonds is 5. The number of benzene rings is 1. The van der Waals surface area contributed by atoms with Gasteiger partial charge in [0.15, 0.2) is 4.90 Å². The molecule has 0 amide bonds.